The summed E-state index contributed by atoms with van der Waals surface area (Å²) >= 11 is 0. The highest BCUT2D eigenvalue weighted by Crippen LogP contribution is 2.45. The summed E-state index contributed by atoms with van der Waals surface area (Å²) in [6, 6.07) is 16.7. The van der Waals surface area contributed by atoms with Gasteiger partial charge in [-0.05, 0) is 165 Å². The van der Waals surface area contributed by atoms with Gasteiger partial charge in [0.15, 0.2) is 5.78 Å². The largest absolute Gasteiger partial charge is 0.444 e. The molecule has 3 fully saturated rings. The van der Waals surface area contributed by atoms with Gasteiger partial charge in [-0.15, -0.1) is 0 Å². The Morgan fingerprint density at radius 3 is 2.11 bits per heavy atom. The van der Waals surface area contributed by atoms with Crippen molar-refractivity contribution in [1.29, 1.82) is 0 Å². The zero-order valence-corrected chi connectivity index (χ0v) is 53.0. The number of morpholine rings is 1. The Bertz CT molecular complexity index is 3290. The van der Waals surface area contributed by atoms with Gasteiger partial charge >= 0.3 is 12.2 Å². The number of halogens is 3. The highest BCUT2D eigenvalue weighted by Gasteiger charge is 2.49. The first-order valence-corrected chi connectivity index (χ1v) is 30.8. The lowest BCUT2D eigenvalue weighted by atomic mass is 9.80. The summed E-state index contributed by atoms with van der Waals surface area (Å²) in [5.74, 6) is -6.64. The number of nitrogens with one attached hydrogen (secondary N) is 2. The van der Waals surface area contributed by atoms with Crippen molar-refractivity contribution in [3.63, 3.8) is 0 Å². The van der Waals surface area contributed by atoms with Crippen molar-refractivity contribution >= 4 is 58.7 Å². The zero-order valence-electron chi connectivity index (χ0n) is 53.0. The monoisotopic (exact) mass is 1230 g/mol. The van der Waals surface area contributed by atoms with Gasteiger partial charge in [-0.1, -0.05) is 36.4 Å². The Labute approximate surface area is 519 Å². The summed E-state index contributed by atoms with van der Waals surface area (Å²) in [7, 11) is 1.44. The molecule has 4 aromatic rings. The Morgan fingerprint density at radius 1 is 0.775 bits per heavy atom. The first-order chi connectivity index (χ1) is 42.0. The highest BCUT2D eigenvalue weighted by molar-refractivity contribution is 6.07. The maximum absolute atomic E-state index is 15.4. The van der Waals surface area contributed by atoms with Crippen molar-refractivity contribution in [2.45, 2.75) is 148 Å². The molecule has 1 unspecified atom stereocenters. The molecule has 7 atom stereocenters. The van der Waals surface area contributed by atoms with Crippen molar-refractivity contribution in [1.82, 2.24) is 24.5 Å². The average molecular weight is 1240 g/mol. The number of Topliss-reactive ketones (excluding diaryl/α,β-unsaturated/α-hetero) is 1. The molecule has 9 rings (SSSR count). The molecule has 22 heteroatoms. The summed E-state index contributed by atoms with van der Waals surface area (Å²) < 4.78 is 67.6. The number of carbonyl (C=O) groups is 7. The van der Waals surface area contributed by atoms with Crippen molar-refractivity contribution in [3.05, 3.63) is 124 Å². The van der Waals surface area contributed by atoms with Gasteiger partial charge < -0.3 is 49.2 Å². The molecule has 0 aromatic heterocycles. The fourth-order valence-corrected chi connectivity index (χ4v) is 12.7. The fourth-order valence-electron chi connectivity index (χ4n) is 12.7. The van der Waals surface area contributed by atoms with Gasteiger partial charge in [-0.2, -0.15) is 0 Å². The number of carbonyl (C=O) groups excluding carboxylic acids is 7. The SMILES string of the molecule is C[C@@H]1COCCN1C[C@H]1CN(C(=O)OC(C)(C)C)[C@H](C)CN1CC(=O)N1CC(C)(C(=O)Nc2ccc3c(c2)[C@@H](C(=O)Nc2c(F)cccc2F)N(C(=O)[C@@H](CC(=O)[C@H](C)N(C)C(=O)OC(C)(C)C)C2CCOCC2)C3)c2ccc(Cc3ccc(F)cc3)cc21. The second kappa shape index (κ2) is 27.0. The first-order valence-electron chi connectivity index (χ1n) is 30.8. The number of fused-ring (bicyclic) bond motifs is 2. The molecule has 5 aliphatic rings. The number of amides is 6. The predicted octanol–water partition coefficient (Wildman–Crippen LogP) is 9.25. The van der Waals surface area contributed by atoms with Crippen molar-refractivity contribution in [3.8, 4) is 0 Å². The maximum atomic E-state index is 15.4. The predicted molar refractivity (Wildman–Crippen MR) is 328 cm³/mol. The molecule has 0 bridgehead atoms. The molecule has 6 amide bonds. The van der Waals surface area contributed by atoms with E-state index in [1.54, 1.807) is 74.8 Å². The molecule has 0 spiro atoms. The molecule has 89 heavy (non-hydrogen) atoms. The topological polar surface area (TPSA) is 200 Å². The number of ether oxygens (including phenoxy) is 4. The van der Waals surface area contributed by atoms with Crippen LogP contribution in [0.3, 0.4) is 0 Å². The number of likely N-dealkylation sites (N-methyl/N-ethyl adjacent to an activating group) is 1. The molecule has 0 saturated carbocycles. The Kier molecular flexibility index (Phi) is 20.0. The lowest BCUT2D eigenvalue weighted by Gasteiger charge is -2.47. The number of nitrogens with zero attached hydrogens (tertiary/aromatic N) is 6. The molecule has 5 heterocycles. The number of ketones is 1. The van der Waals surface area contributed by atoms with E-state index in [-0.39, 0.29) is 73.1 Å². The van der Waals surface area contributed by atoms with Gasteiger partial charge in [0.1, 0.15) is 40.4 Å². The van der Waals surface area contributed by atoms with Crippen LogP contribution in [0.1, 0.15) is 122 Å². The number of hydrogen-bond acceptors (Lipinski definition) is 13. The summed E-state index contributed by atoms with van der Waals surface area (Å²) in [6.07, 6.45) is -0.260. The summed E-state index contributed by atoms with van der Waals surface area (Å²) in [6.45, 7) is 21.2. The number of rotatable bonds is 16. The summed E-state index contributed by atoms with van der Waals surface area (Å²) in [5, 5.41) is 5.46. The third kappa shape index (κ3) is 15.3. The van der Waals surface area contributed by atoms with E-state index in [1.807, 2.05) is 45.9 Å². The van der Waals surface area contributed by atoms with E-state index in [9.17, 15) is 23.6 Å². The van der Waals surface area contributed by atoms with Crippen molar-refractivity contribution in [2.24, 2.45) is 11.8 Å². The summed E-state index contributed by atoms with van der Waals surface area (Å²) in [4.78, 5) is 112. The third-order valence-corrected chi connectivity index (χ3v) is 17.8. The van der Waals surface area contributed by atoms with E-state index < -0.39 is 87.6 Å². The van der Waals surface area contributed by atoms with Gasteiger partial charge in [0.2, 0.25) is 17.7 Å². The van der Waals surface area contributed by atoms with Crippen LogP contribution in [0, 0.1) is 29.3 Å². The van der Waals surface area contributed by atoms with Crippen LogP contribution in [-0.4, -0.2) is 174 Å². The first kappa shape index (κ1) is 66.0. The quantitative estimate of drug-likeness (QED) is 0.108. The molecule has 480 valence electrons. The number of benzene rings is 4. The van der Waals surface area contributed by atoms with E-state index in [0.717, 1.165) is 29.3 Å². The number of anilines is 3. The van der Waals surface area contributed by atoms with Crippen molar-refractivity contribution in [2.75, 3.05) is 88.3 Å². The normalized spacial score (nSPS) is 22.4. The standard InChI is InChI=1S/C67H85F3N8O11/c1-40-33-75(49(35-74-25-28-87-38-41(74)2)36-76(40)64(85)89-66(7,8)9)37-57(80)78-39-67(10,52-22-17-44(30-55(52)78)29-43-15-19-47(68)20-16-43)62(83)71-48-21-18-46-34-77(59(50(46)31-48)60(81)72-58-53(69)13-12-14-54(58)70)61(82)51(45-23-26-86-27-24-45)32-56(79)42(3)73(11)63(84)88-65(4,5)6/h12-22,30-31,40-42,45,49,51,59H,23-29,32-39H2,1-11H3,(H,71,83)(H,72,81)/t40-,41-,42+,49+,51+,59+,67?/m1/s1. The van der Waals surface area contributed by atoms with E-state index in [0.29, 0.717) is 88.7 Å². The number of para-hydroxylation sites is 1. The average Bonchev–Trinajstić information content (AvgIpc) is 1.64. The van der Waals surface area contributed by atoms with Gasteiger partial charge in [0.05, 0.1) is 31.2 Å². The van der Waals surface area contributed by atoms with Crippen LogP contribution < -0.4 is 15.5 Å². The second-order valence-corrected chi connectivity index (χ2v) is 26.8. The minimum absolute atomic E-state index is 0.0544. The lowest BCUT2D eigenvalue weighted by Crippen LogP contribution is -2.64. The molecular weight excluding hydrogens is 1150 g/mol. The van der Waals surface area contributed by atoms with Crippen LogP contribution in [0.15, 0.2) is 78.9 Å². The summed E-state index contributed by atoms with van der Waals surface area (Å²) in [5.41, 5.74) is -0.0569. The van der Waals surface area contributed by atoms with Crippen LogP contribution in [0.5, 0.6) is 0 Å². The van der Waals surface area contributed by atoms with E-state index >= 15 is 23.2 Å². The fraction of sp³-hybridized carbons (Fsp3) is 0.537. The van der Waals surface area contributed by atoms with Gasteiger partial charge in [-0.25, -0.2) is 22.8 Å². The number of piperazine rings is 1. The molecule has 5 aliphatic heterocycles. The molecule has 3 saturated heterocycles. The molecule has 0 aliphatic carbocycles. The molecule has 2 N–H and O–H groups in total. The highest BCUT2D eigenvalue weighted by atomic mass is 19.1. The van der Waals surface area contributed by atoms with Gasteiger partial charge in [-0.3, -0.25) is 33.8 Å². The third-order valence-electron chi connectivity index (χ3n) is 17.8. The maximum Gasteiger partial charge on any atom is 0.410 e. The zero-order chi connectivity index (χ0) is 64.4. The van der Waals surface area contributed by atoms with Crippen LogP contribution >= 0.6 is 0 Å². The Hall–Kier alpha value is -7.40. The minimum atomic E-state index is -1.52. The molecule has 0 radical (unpaired) electrons. The van der Waals surface area contributed by atoms with Crippen LogP contribution in [-0.2, 0) is 61.3 Å². The van der Waals surface area contributed by atoms with Crippen LogP contribution in [0.25, 0.3) is 0 Å². The second-order valence-electron chi connectivity index (χ2n) is 26.8. The van der Waals surface area contributed by atoms with Crippen LogP contribution in [0.4, 0.5) is 39.8 Å². The lowest BCUT2D eigenvalue weighted by molar-refractivity contribution is -0.147. The number of hydrogen-bond donors (Lipinski definition) is 2. The van der Waals surface area contributed by atoms with E-state index in [2.05, 4.69) is 27.4 Å². The molecule has 4 aromatic carbocycles. The van der Waals surface area contributed by atoms with Gasteiger partial charge in [0, 0.05) is 101 Å². The van der Waals surface area contributed by atoms with Crippen molar-refractivity contribution < 1.29 is 65.7 Å². The van der Waals surface area contributed by atoms with E-state index in [4.69, 9.17) is 18.9 Å². The Morgan fingerprint density at radius 2 is 1.45 bits per heavy atom. The Balaban J connectivity index is 1.02. The smallest absolute Gasteiger partial charge is 0.410 e. The van der Waals surface area contributed by atoms with Gasteiger partial charge in [0.25, 0.3) is 5.91 Å². The molecular formula is C67H85F3N8O11. The molecule has 19 nitrogen and oxygen atoms in total. The van der Waals surface area contributed by atoms with E-state index in [1.165, 1.54) is 29.0 Å². The minimum Gasteiger partial charge on any atom is -0.444 e. The van der Waals surface area contributed by atoms with Crippen LogP contribution in [0.2, 0.25) is 0 Å².